The van der Waals surface area contributed by atoms with Crippen LogP contribution in [-0.4, -0.2) is 36.8 Å². The van der Waals surface area contributed by atoms with Gasteiger partial charge in [-0.25, -0.2) is 19.6 Å². The fourth-order valence-corrected chi connectivity index (χ4v) is 3.49. The van der Waals surface area contributed by atoms with Crippen LogP contribution in [0.4, 0.5) is 0 Å². The van der Waals surface area contributed by atoms with Gasteiger partial charge in [-0.05, 0) is 50.1 Å². The van der Waals surface area contributed by atoms with Gasteiger partial charge in [0.15, 0.2) is 5.96 Å². The molecule has 0 saturated heterocycles. The molecule has 164 valence electrons. The van der Waals surface area contributed by atoms with E-state index in [1.54, 1.807) is 12.5 Å². The number of para-hydroxylation sites is 1. The number of pyridine rings is 1. The van der Waals surface area contributed by atoms with Crippen LogP contribution in [0, 0.1) is 13.8 Å². The lowest BCUT2D eigenvalue weighted by molar-refractivity contribution is 0.783. The van der Waals surface area contributed by atoms with E-state index in [1.807, 2.05) is 52.8 Å². The van der Waals surface area contributed by atoms with E-state index in [4.69, 9.17) is 4.99 Å². The number of benzene rings is 1. The molecule has 0 spiro atoms. The Hall–Kier alpha value is -3.94. The highest BCUT2D eigenvalue weighted by Gasteiger charge is 2.09. The van der Waals surface area contributed by atoms with E-state index in [0.29, 0.717) is 13.1 Å². The predicted octanol–water partition coefficient (Wildman–Crippen LogP) is 3.33. The number of aryl methyl sites for hydroxylation is 2. The Morgan fingerprint density at radius 2 is 1.97 bits per heavy atom. The predicted molar refractivity (Wildman–Crippen MR) is 126 cm³/mol. The quantitative estimate of drug-likeness (QED) is 0.348. The van der Waals surface area contributed by atoms with Crippen molar-refractivity contribution in [2.24, 2.45) is 4.99 Å². The number of nitrogens with one attached hydrogen (secondary N) is 2. The van der Waals surface area contributed by atoms with Crippen LogP contribution in [0.15, 0.2) is 72.4 Å². The van der Waals surface area contributed by atoms with Crippen molar-refractivity contribution in [3.8, 4) is 11.5 Å². The average Bonchev–Trinajstić information content (AvgIpc) is 3.46. The molecule has 0 saturated carbocycles. The van der Waals surface area contributed by atoms with Gasteiger partial charge in [0.25, 0.3) is 0 Å². The third kappa shape index (κ3) is 5.03. The van der Waals surface area contributed by atoms with E-state index in [0.717, 1.165) is 46.5 Å². The number of imidazole rings is 1. The van der Waals surface area contributed by atoms with Gasteiger partial charge in [0.05, 0.1) is 17.9 Å². The average molecular weight is 429 g/mol. The summed E-state index contributed by atoms with van der Waals surface area (Å²) in [5.74, 6) is 1.59. The first kappa shape index (κ1) is 21.3. The van der Waals surface area contributed by atoms with Gasteiger partial charge in [-0.3, -0.25) is 4.57 Å². The third-order valence-electron chi connectivity index (χ3n) is 5.02. The minimum Gasteiger partial charge on any atom is -0.357 e. The maximum atomic E-state index is 4.73. The van der Waals surface area contributed by atoms with Gasteiger partial charge in [0.2, 0.25) is 0 Å². The van der Waals surface area contributed by atoms with Gasteiger partial charge in [0.1, 0.15) is 12.1 Å². The Labute approximate surface area is 188 Å². The molecule has 8 nitrogen and oxygen atoms in total. The second kappa shape index (κ2) is 9.91. The molecule has 3 aromatic heterocycles. The molecule has 0 atom stereocenters. The smallest absolute Gasteiger partial charge is 0.191 e. The van der Waals surface area contributed by atoms with Crippen LogP contribution in [0.2, 0.25) is 0 Å². The molecule has 4 aromatic rings. The molecule has 0 amide bonds. The van der Waals surface area contributed by atoms with Crippen molar-refractivity contribution in [3.63, 3.8) is 0 Å². The van der Waals surface area contributed by atoms with Crippen LogP contribution in [0.25, 0.3) is 11.5 Å². The van der Waals surface area contributed by atoms with E-state index in [9.17, 15) is 0 Å². The van der Waals surface area contributed by atoms with Crippen molar-refractivity contribution in [3.05, 3.63) is 89.9 Å². The third-order valence-corrected chi connectivity index (χ3v) is 5.02. The summed E-state index contributed by atoms with van der Waals surface area (Å²) < 4.78 is 3.86. The first-order chi connectivity index (χ1) is 15.6. The highest BCUT2D eigenvalue weighted by atomic mass is 15.3. The number of nitrogens with zero attached hydrogens (tertiary/aromatic N) is 6. The van der Waals surface area contributed by atoms with Crippen molar-refractivity contribution in [1.82, 2.24) is 34.9 Å². The van der Waals surface area contributed by atoms with E-state index in [1.165, 1.54) is 0 Å². The normalized spacial score (nSPS) is 11.5. The summed E-state index contributed by atoms with van der Waals surface area (Å²) in [4.78, 5) is 13.3. The number of hydrogen-bond donors (Lipinski definition) is 2. The standard InChI is InChI=1S/C24H28N8/c1-4-26-24(28-15-20-9-10-23(27-14-20)31-12-11-25-17-31)29-16-21-7-5-6-8-22(21)32-19(3)13-18(2)30-32/h5-14,17H,4,15-16H2,1-3H3,(H2,26,28,29). The molecule has 32 heavy (non-hydrogen) atoms. The molecular formula is C24H28N8. The first-order valence-electron chi connectivity index (χ1n) is 10.7. The zero-order valence-electron chi connectivity index (χ0n) is 18.7. The molecule has 0 aliphatic rings. The summed E-state index contributed by atoms with van der Waals surface area (Å²) in [6.45, 7) is 8.09. The van der Waals surface area contributed by atoms with Crippen LogP contribution >= 0.6 is 0 Å². The van der Waals surface area contributed by atoms with Crippen LogP contribution in [0.1, 0.15) is 29.4 Å². The second-order valence-electron chi connectivity index (χ2n) is 7.51. The molecule has 0 aliphatic heterocycles. The van der Waals surface area contributed by atoms with Gasteiger partial charge in [-0.15, -0.1) is 0 Å². The molecular weight excluding hydrogens is 400 g/mol. The van der Waals surface area contributed by atoms with E-state index >= 15 is 0 Å². The van der Waals surface area contributed by atoms with Gasteiger partial charge in [-0.1, -0.05) is 24.3 Å². The Morgan fingerprint density at radius 3 is 2.66 bits per heavy atom. The first-order valence-corrected chi connectivity index (χ1v) is 10.7. The lowest BCUT2D eigenvalue weighted by Crippen LogP contribution is -2.37. The van der Waals surface area contributed by atoms with Gasteiger partial charge >= 0.3 is 0 Å². The Bertz CT molecular complexity index is 1170. The summed E-state index contributed by atoms with van der Waals surface area (Å²) in [6, 6.07) is 14.4. The molecule has 0 unspecified atom stereocenters. The molecule has 3 heterocycles. The number of hydrogen-bond acceptors (Lipinski definition) is 4. The molecule has 0 radical (unpaired) electrons. The summed E-state index contributed by atoms with van der Waals surface area (Å²) >= 11 is 0. The molecule has 4 rings (SSSR count). The van der Waals surface area contributed by atoms with Crippen LogP contribution in [0.5, 0.6) is 0 Å². The van der Waals surface area contributed by atoms with Crippen LogP contribution in [-0.2, 0) is 13.1 Å². The van der Waals surface area contributed by atoms with Gasteiger partial charge < -0.3 is 10.6 Å². The van der Waals surface area contributed by atoms with Crippen molar-refractivity contribution < 1.29 is 0 Å². The number of rotatable bonds is 7. The highest BCUT2D eigenvalue weighted by Crippen LogP contribution is 2.17. The molecule has 8 heteroatoms. The van der Waals surface area contributed by atoms with E-state index < -0.39 is 0 Å². The second-order valence-corrected chi connectivity index (χ2v) is 7.51. The fourth-order valence-electron chi connectivity index (χ4n) is 3.49. The SMILES string of the molecule is CCNC(=NCc1ccc(-n2ccnc2)nc1)NCc1ccccc1-n1nc(C)cc1C. The van der Waals surface area contributed by atoms with E-state index in [-0.39, 0.29) is 0 Å². The monoisotopic (exact) mass is 428 g/mol. The zero-order chi connectivity index (χ0) is 22.3. The zero-order valence-corrected chi connectivity index (χ0v) is 18.7. The topological polar surface area (TPSA) is 85.0 Å². The lowest BCUT2D eigenvalue weighted by Gasteiger charge is -2.15. The summed E-state index contributed by atoms with van der Waals surface area (Å²) in [5.41, 5.74) is 5.38. The molecule has 0 aliphatic carbocycles. The minimum absolute atomic E-state index is 0.533. The minimum atomic E-state index is 0.533. The summed E-state index contributed by atoms with van der Waals surface area (Å²) in [5, 5.41) is 11.4. The Morgan fingerprint density at radius 1 is 1.09 bits per heavy atom. The molecule has 0 bridgehead atoms. The fraction of sp³-hybridized carbons (Fsp3) is 0.250. The van der Waals surface area contributed by atoms with Gasteiger partial charge in [0, 0.05) is 37.4 Å². The maximum absolute atomic E-state index is 4.73. The van der Waals surface area contributed by atoms with Crippen molar-refractivity contribution in [1.29, 1.82) is 0 Å². The van der Waals surface area contributed by atoms with E-state index in [2.05, 4.69) is 57.7 Å². The summed E-state index contributed by atoms with van der Waals surface area (Å²) in [7, 11) is 0. The number of guanidine groups is 1. The van der Waals surface area contributed by atoms with Gasteiger partial charge in [-0.2, -0.15) is 5.10 Å². The summed E-state index contributed by atoms with van der Waals surface area (Å²) in [6.07, 6.45) is 7.19. The largest absolute Gasteiger partial charge is 0.357 e. The van der Waals surface area contributed by atoms with Crippen molar-refractivity contribution in [2.45, 2.75) is 33.9 Å². The Balaban J connectivity index is 1.45. The van der Waals surface area contributed by atoms with Crippen molar-refractivity contribution in [2.75, 3.05) is 6.54 Å². The number of aliphatic imine (C=N–C) groups is 1. The molecule has 2 N–H and O–H groups in total. The molecule has 1 aromatic carbocycles. The van der Waals surface area contributed by atoms with Crippen molar-refractivity contribution >= 4 is 5.96 Å². The Kier molecular flexibility index (Phi) is 6.60. The molecule has 0 fully saturated rings. The van der Waals surface area contributed by atoms with Crippen LogP contribution in [0.3, 0.4) is 0 Å². The highest BCUT2D eigenvalue weighted by molar-refractivity contribution is 5.79. The number of aromatic nitrogens is 5. The lowest BCUT2D eigenvalue weighted by atomic mass is 10.1. The maximum Gasteiger partial charge on any atom is 0.191 e. The van der Waals surface area contributed by atoms with Crippen LogP contribution < -0.4 is 10.6 Å².